The van der Waals surface area contributed by atoms with E-state index in [0.717, 1.165) is 24.9 Å². The highest BCUT2D eigenvalue weighted by Gasteiger charge is 2.31. The van der Waals surface area contributed by atoms with Crippen LogP contribution < -0.4 is 0 Å². The zero-order valence-corrected chi connectivity index (χ0v) is 14.7. The van der Waals surface area contributed by atoms with E-state index in [1.807, 2.05) is 12.1 Å². The fourth-order valence-corrected chi connectivity index (χ4v) is 3.89. The lowest BCUT2D eigenvalue weighted by Gasteiger charge is -2.39. The summed E-state index contributed by atoms with van der Waals surface area (Å²) in [6.07, 6.45) is 2.40. The Hall–Kier alpha value is -1.06. The molecule has 0 unspecified atom stereocenters. The van der Waals surface area contributed by atoms with Crippen LogP contribution in [0.5, 0.6) is 0 Å². The molecule has 1 fully saturated rings. The maximum atomic E-state index is 6.26. The maximum Gasteiger partial charge on any atom is 0.0776 e. The Bertz CT molecular complexity index is 627. The number of ether oxygens (including phenoxy) is 1. The van der Waals surface area contributed by atoms with Crippen LogP contribution >= 0.6 is 23.2 Å². The van der Waals surface area contributed by atoms with Gasteiger partial charge in [0.2, 0.25) is 0 Å². The van der Waals surface area contributed by atoms with Gasteiger partial charge in [0, 0.05) is 10.0 Å². The molecule has 2 aromatic rings. The lowest BCUT2D eigenvalue weighted by Crippen LogP contribution is -2.40. The van der Waals surface area contributed by atoms with E-state index < -0.39 is 0 Å². The van der Waals surface area contributed by atoms with Crippen LogP contribution in [0.15, 0.2) is 48.5 Å². The molecule has 2 atom stereocenters. The van der Waals surface area contributed by atoms with Gasteiger partial charge in [-0.25, -0.2) is 0 Å². The Balaban J connectivity index is 1.74. The lowest BCUT2D eigenvalue weighted by atomic mass is 9.93. The van der Waals surface area contributed by atoms with Gasteiger partial charge in [0.1, 0.15) is 0 Å². The molecule has 1 heterocycles. The summed E-state index contributed by atoms with van der Waals surface area (Å²) >= 11 is 12.1. The number of likely N-dealkylation sites (N-methyl/N-ethyl adjacent to an activating group) is 1. The van der Waals surface area contributed by atoms with Crippen molar-refractivity contribution < 1.29 is 4.74 Å². The number of hydrogen-bond acceptors (Lipinski definition) is 2. The van der Waals surface area contributed by atoms with E-state index in [1.165, 1.54) is 5.56 Å². The quantitative estimate of drug-likeness (QED) is 0.737. The number of benzene rings is 2. The molecule has 0 amide bonds. The molecule has 4 heteroatoms. The summed E-state index contributed by atoms with van der Waals surface area (Å²) in [6, 6.07) is 16.5. The first-order valence-corrected chi connectivity index (χ1v) is 8.71. The zero-order chi connectivity index (χ0) is 16.2. The summed E-state index contributed by atoms with van der Waals surface area (Å²) in [4.78, 5) is 2.38. The van der Waals surface area contributed by atoms with Crippen molar-refractivity contribution in [1.82, 2.24) is 4.90 Å². The summed E-state index contributed by atoms with van der Waals surface area (Å²) in [5, 5.41) is 1.30. The largest absolute Gasteiger partial charge is 0.372 e. The summed E-state index contributed by atoms with van der Waals surface area (Å²) in [5.41, 5.74) is 2.33. The molecule has 0 aromatic heterocycles. The number of hydrogen-bond donors (Lipinski definition) is 0. The van der Waals surface area contributed by atoms with Crippen LogP contribution in [0.3, 0.4) is 0 Å². The maximum absolute atomic E-state index is 6.26. The molecular formula is C19H21Cl2NO. The Morgan fingerprint density at radius 3 is 2.48 bits per heavy atom. The van der Waals surface area contributed by atoms with Crippen molar-refractivity contribution in [2.24, 2.45) is 0 Å². The van der Waals surface area contributed by atoms with Crippen molar-refractivity contribution in [2.75, 3.05) is 13.6 Å². The summed E-state index contributed by atoms with van der Waals surface area (Å²) in [7, 11) is 2.17. The van der Waals surface area contributed by atoms with Crippen LogP contribution in [0, 0.1) is 0 Å². The molecule has 0 spiro atoms. The van der Waals surface area contributed by atoms with E-state index in [9.17, 15) is 0 Å². The Kier molecular flexibility index (Phi) is 5.60. The Labute approximate surface area is 148 Å². The monoisotopic (exact) mass is 349 g/mol. The van der Waals surface area contributed by atoms with Gasteiger partial charge in [0.15, 0.2) is 0 Å². The fourth-order valence-electron chi connectivity index (χ4n) is 3.31. The highest BCUT2D eigenvalue weighted by atomic mass is 35.5. The molecule has 0 aliphatic carbocycles. The minimum atomic E-state index is 0.175. The molecule has 1 aliphatic rings. The second kappa shape index (κ2) is 7.67. The van der Waals surface area contributed by atoms with Crippen molar-refractivity contribution in [2.45, 2.75) is 31.6 Å². The van der Waals surface area contributed by atoms with Gasteiger partial charge >= 0.3 is 0 Å². The minimum absolute atomic E-state index is 0.175. The summed E-state index contributed by atoms with van der Waals surface area (Å²) < 4.78 is 6.26. The van der Waals surface area contributed by atoms with Crippen molar-refractivity contribution >= 4 is 23.2 Å². The zero-order valence-electron chi connectivity index (χ0n) is 13.2. The second-order valence-electron chi connectivity index (χ2n) is 6.11. The number of piperidine rings is 1. The van der Waals surface area contributed by atoms with Gasteiger partial charge in [-0.15, -0.1) is 0 Å². The third-order valence-corrected chi connectivity index (χ3v) is 4.79. The highest BCUT2D eigenvalue weighted by Crippen LogP contribution is 2.33. The summed E-state index contributed by atoms with van der Waals surface area (Å²) in [6.45, 7) is 1.63. The highest BCUT2D eigenvalue weighted by molar-refractivity contribution is 6.34. The molecule has 3 rings (SSSR count). The van der Waals surface area contributed by atoms with E-state index in [-0.39, 0.29) is 6.10 Å². The minimum Gasteiger partial charge on any atom is -0.372 e. The number of rotatable bonds is 4. The van der Waals surface area contributed by atoms with Gasteiger partial charge in [0.25, 0.3) is 0 Å². The van der Waals surface area contributed by atoms with Gasteiger partial charge in [-0.2, -0.15) is 0 Å². The Morgan fingerprint density at radius 1 is 1.09 bits per heavy atom. The van der Waals surface area contributed by atoms with E-state index in [1.54, 1.807) is 6.07 Å². The molecule has 23 heavy (non-hydrogen) atoms. The van der Waals surface area contributed by atoms with Crippen molar-refractivity contribution in [3.8, 4) is 0 Å². The van der Waals surface area contributed by atoms with Crippen molar-refractivity contribution in [3.63, 3.8) is 0 Å². The molecular weight excluding hydrogens is 329 g/mol. The summed E-state index contributed by atoms with van der Waals surface area (Å²) in [5.74, 6) is 0. The predicted octanol–water partition coefficient (Wildman–Crippen LogP) is 5.35. The molecule has 1 saturated heterocycles. The van der Waals surface area contributed by atoms with Gasteiger partial charge in [-0.3, -0.25) is 4.90 Å². The smallest absolute Gasteiger partial charge is 0.0776 e. The SMILES string of the molecule is CN1CCC[C@H](OCc2cc(Cl)cc(Cl)c2)[C@@H]1c1ccccc1. The topological polar surface area (TPSA) is 12.5 Å². The first kappa shape index (κ1) is 16.8. The van der Waals surface area contributed by atoms with Gasteiger partial charge in [0.05, 0.1) is 18.8 Å². The van der Waals surface area contributed by atoms with Crippen LogP contribution in [0.2, 0.25) is 10.0 Å². The van der Waals surface area contributed by atoms with Crippen molar-refractivity contribution in [1.29, 1.82) is 0 Å². The molecule has 0 saturated carbocycles. The van der Waals surface area contributed by atoms with E-state index in [0.29, 0.717) is 22.7 Å². The number of nitrogens with zero attached hydrogens (tertiary/aromatic N) is 1. The van der Waals surface area contributed by atoms with Crippen LogP contribution in [-0.4, -0.2) is 24.6 Å². The molecule has 122 valence electrons. The van der Waals surface area contributed by atoms with Gasteiger partial charge in [-0.05, 0) is 55.8 Å². The van der Waals surface area contributed by atoms with Crippen molar-refractivity contribution in [3.05, 3.63) is 69.7 Å². The van der Waals surface area contributed by atoms with E-state index in [4.69, 9.17) is 27.9 Å². The average Bonchev–Trinajstić information content (AvgIpc) is 2.53. The second-order valence-corrected chi connectivity index (χ2v) is 6.98. The van der Waals surface area contributed by atoms with Gasteiger partial charge < -0.3 is 4.74 Å². The van der Waals surface area contributed by atoms with E-state index in [2.05, 4.69) is 42.3 Å². The molecule has 2 nitrogen and oxygen atoms in total. The number of likely N-dealkylation sites (tertiary alicyclic amines) is 1. The molecule has 0 radical (unpaired) electrons. The molecule has 1 aliphatic heterocycles. The molecule has 2 aromatic carbocycles. The van der Waals surface area contributed by atoms with E-state index >= 15 is 0 Å². The first-order chi connectivity index (χ1) is 11.1. The number of halogens is 2. The molecule has 0 bridgehead atoms. The Morgan fingerprint density at radius 2 is 1.78 bits per heavy atom. The standard InChI is InChI=1S/C19H21Cl2NO/c1-22-9-5-8-18(19(22)15-6-3-2-4-7-15)23-13-14-10-16(20)12-17(21)11-14/h2-4,6-7,10-12,18-19H,5,8-9,13H2,1H3/t18-,19-/m0/s1. The lowest BCUT2D eigenvalue weighted by molar-refractivity contribution is -0.0444. The third kappa shape index (κ3) is 4.27. The normalized spacial score (nSPS) is 22.2. The van der Waals surface area contributed by atoms with Crippen LogP contribution in [-0.2, 0) is 11.3 Å². The van der Waals surface area contributed by atoms with Crippen LogP contribution in [0.1, 0.15) is 30.0 Å². The fraction of sp³-hybridized carbons (Fsp3) is 0.368. The van der Waals surface area contributed by atoms with Gasteiger partial charge in [-0.1, -0.05) is 53.5 Å². The molecule has 0 N–H and O–H groups in total. The predicted molar refractivity (Wildman–Crippen MR) is 96.1 cm³/mol. The van der Waals surface area contributed by atoms with Crippen LogP contribution in [0.4, 0.5) is 0 Å². The first-order valence-electron chi connectivity index (χ1n) is 7.95. The average molecular weight is 350 g/mol. The van der Waals surface area contributed by atoms with Crippen LogP contribution in [0.25, 0.3) is 0 Å². The third-order valence-electron chi connectivity index (χ3n) is 4.35.